The minimum absolute atomic E-state index is 0.00960. The molecule has 0 radical (unpaired) electrons. The molecule has 3 heterocycles. The van der Waals surface area contributed by atoms with Gasteiger partial charge in [-0.1, -0.05) is 11.6 Å². The summed E-state index contributed by atoms with van der Waals surface area (Å²) in [6, 6.07) is 9.33. The predicted octanol–water partition coefficient (Wildman–Crippen LogP) is 3.29. The van der Waals surface area contributed by atoms with Crippen molar-refractivity contribution in [3.63, 3.8) is 0 Å². The van der Waals surface area contributed by atoms with E-state index in [9.17, 15) is 23.2 Å². The van der Waals surface area contributed by atoms with E-state index in [0.29, 0.717) is 22.7 Å². The Bertz CT molecular complexity index is 1540. The van der Waals surface area contributed by atoms with Crippen molar-refractivity contribution in [2.24, 2.45) is 0 Å². The number of rotatable bonds is 7. The van der Waals surface area contributed by atoms with Crippen LogP contribution in [0.4, 0.5) is 8.78 Å². The number of fused-ring (bicyclic) bond motifs is 2. The molecular formula is C26H23ClF2N4O6S. The fraction of sp³-hybridized carbons (Fsp3) is 0.269. The standard InChI is InChI=1S/C26H23ClF2N4O6S/c27-17-1-3-19(4-2-17)39-24-21(28)12-20(13-22(24)29)40(37,38)33-18-5-8-26(33,25(35)31-36)15-32(14-18)23(34)11-16-6-9-30-10-7-16/h1-4,6-7,9-10,12-13,18,36H,5,8,11,14-15H2,(H,31,35). The molecule has 14 heteroatoms. The van der Waals surface area contributed by atoms with Crippen LogP contribution in [0.2, 0.25) is 5.02 Å². The number of pyridine rings is 1. The summed E-state index contributed by atoms with van der Waals surface area (Å²) < 4.78 is 63.8. The van der Waals surface area contributed by atoms with Gasteiger partial charge in [0, 0.05) is 36.5 Å². The molecule has 210 valence electrons. The second-order valence-electron chi connectivity index (χ2n) is 9.54. The molecule has 40 heavy (non-hydrogen) atoms. The highest BCUT2D eigenvalue weighted by Gasteiger charge is 2.61. The van der Waals surface area contributed by atoms with Gasteiger partial charge in [0.2, 0.25) is 15.9 Å². The highest BCUT2D eigenvalue weighted by atomic mass is 35.5. The van der Waals surface area contributed by atoms with E-state index in [1.54, 1.807) is 12.1 Å². The maximum atomic E-state index is 15.0. The number of likely N-dealkylation sites (tertiary alicyclic amines) is 1. The Morgan fingerprint density at radius 1 is 1.12 bits per heavy atom. The van der Waals surface area contributed by atoms with Gasteiger partial charge in [-0.25, -0.2) is 22.7 Å². The van der Waals surface area contributed by atoms with E-state index in [2.05, 4.69) is 4.98 Å². The molecular weight excluding hydrogens is 570 g/mol. The van der Waals surface area contributed by atoms with Gasteiger partial charge in [0.05, 0.1) is 11.3 Å². The average Bonchev–Trinajstić information content (AvgIpc) is 3.19. The molecule has 1 aromatic heterocycles. The summed E-state index contributed by atoms with van der Waals surface area (Å²) in [6.07, 6.45) is 3.20. The van der Waals surface area contributed by atoms with Crippen molar-refractivity contribution in [3.05, 3.63) is 83.1 Å². The van der Waals surface area contributed by atoms with E-state index in [-0.39, 0.29) is 44.0 Å². The summed E-state index contributed by atoms with van der Waals surface area (Å²) in [5.41, 5.74) is 0.293. The largest absolute Gasteiger partial charge is 0.451 e. The zero-order valence-corrected chi connectivity index (χ0v) is 22.3. The fourth-order valence-corrected chi connectivity index (χ4v) is 7.36. The molecule has 2 aliphatic heterocycles. The van der Waals surface area contributed by atoms with Gasteiger partial charge in [-0.3, -0.25) is 19.8 Å². The molecule has 2 N–H and O–H groups in total. The highest BCUT2D eigenvalue weighted by molar-refractivity contribution is 7.89. The summed E-state index contributed by atoms with van der Waals surface area (Å²) in [7, 11) is -4.70. The minimum Gasteiger partial charge on any atom is -0.451 e. The molecule has 2 atom stereocenters. The molecule has 2 amide bonds. The predicted molar refractivity (Wildman–Crippen MR) is 137 cm³/mol. The lowest BCUT2D eigenvalue weighted by Gasteiger charge is -2.46. The van der Waals surface area contributed by atoms with Crippen LogP contribution in [0.15, 0.2) is 65.8 Å². The Hall–Kier alpha value is -3.65. The molecule has 2 aromatic carbocycles. The van der Waals surface area contributed by atoms with Crippen LogP contribution in [0.3, 0.4) is 0 Å². The monoisotopic (exact) mass is 592 g/mol. The third kappa shape index (κ3) is 5.01. The average molecular weight is 593 g/mol. The van der Waals surface area contributed by atoms with Crippen LogP contribution in [0, 0.1) is 11.6 Å². The van der Waals surface area contributed by atoms with E-state index < -0.39 is 49.8 Å². The quantitative estimate of drug-likeness (QED) is 0.318. The van der Waals surface area contributed by atoms with Gasteiger partial charge in [-0.2, -0.15) is 4.31 Å². The number of carbonyl (C=O) groups is 2. The number of amides is 2. The van der Waals surface area contributed by atoms with Gasteiger partial charge in [0.25, 0.3) is 5.91 Å². The third-order valence-corrected chi connectivity index (χ3v) is 9.32. The number of sulfonamides is 1. The third-order valence-electron chi connectivity index (χ3n) is 7.07. The van der Waals surface area contributed by atoms with E-state index in [4.69, 9.17) is 16.3 Å². The first-order valence-electron chi connectivity index (χ1n) is 12.1. The topological polar surface area (TPSA) is 129 Å². The molecule has 2 fully saturated rings. The van der Waals surface area contributed by atoms with Crippen molar-refractivity contribution >= 4 is 33.4 Å². The lowest BCUT2D eigenvalue weighted by Crippen LogP contribution is -2.69. The summed E-state index contributed by atoms with van der Waals surface area (Å²) in [4.78, 5) is 30.6. The number of nitrogens with zero attached hydrogens (tertiary/aromatic N) is 3. The van der Waals surface area contributed by atoms with Crippen molar-refractivity contribution < 1.29 is 36.7 Å². The van der Waals surface area contributed by atoms with E-state index in [1.165, 1.54) is 47.0 Å². The van der Waals surface area contributed by atoms with Crippen LogP contribution in [0.5, 0.6) is 11.5 Å². The van der Waals surface area contributed by atoms with Crippen LogP contribution < -0.4 is 10.2 Å². The van der Waals surface area contributed by atoms with Crippen molar-refractivity contribution in [1.29, 1.82) is 0 Å². The van der Waals surface area contributed by atoms with Crippen LogP contribution in [-0.4, -0.2) is 64.3 Å². The number of carbonyl (C=O) groups excluding carboxylic acids is 2. The van der Waals surface area contributed by atoms with Gasteiger partial charge in [0.1, 0.15) is 11.3 Å². The van der Waals surface area contributed by atoms with Gasteiger partial charge < -0.3 is 9.64 Å². The Balaban J connectivity index is 1.46. The highest BCUT2D eigenvalue weighted by Crippen LogP contribution is 2.44. The fourth-order valence-electron chi connectivity index (χ4n) is 5.24. The molecule has 3 aromatic rings. The smallest absolute Gasteiger partial charge is 0.266 e. The number of hydroxylamine groups is 1. The first-order valence-corrected chi connectivity index (χ1v) is 14.0. The summed E-state index contributed by atoms with van der Waals surface area (Å²) in [5.74, 6) is -4.73. The number of halogens is 3. The van der Waals surface area contributed by atoms with E-state index >= 15 is 8.78 Å². The maximum Gasteiger partial charge on any atom is 0.266 e. The number of benzene rings is 2. The van der Waals surface area contributed by atoms with Crippen LogP contribution in [-0.2, 0) is 26.0 Å². The molecule has 0 aliphatic carbocycles. The molecule has 0 spiro atoms. The van der Waals surface area contributed by atoms with E-state index in [0.717, 1.165) is 4.31 Å². The second kappa shape index (κ2) is 10.7. The van der Waals surface area contributed by atoms with Gasteiger partial charge >= 0.3 is 0 Å². The van der Waals surface area contributed by atoms with Crippen molar-refractivity contribution in [2.75, 3.05) is 13.1 Å². The molecule has 2 bridgehead atoms. The van der Waals surface area contributed by atoms with Crippen molar-refractivity contribution in [3.8, 4) is 11.5 Å². The first-order chi connectivity index (χ1) is 19.0. The summed E-state index contributed by atoms with van der Waals surface area (Å²) >= 11 is 5.81. The zero-order valence-electron chi connectivity index (χ0n) is 20.8. The normalized spacial score (nSPS) is 20.8. The van der Waals surface area contributed by atoms with Crippen LogP contribution in [0.25, 0.3) is 0 Å². The van der Waals surface area contributed by atoms with Crippen LogP contribution in [0.1, 0.15) is 18.4 Å². The molecule has 2 aliphatic rings. The molecule has 0 saturated carbocycles. The molecule has 2 unspecified atom stereocenters. The number of piperazine rings is 1. The lowest BCUT2D eigenvalue weighted by molar-refractivity contribution is -0.146. The molecule has 2 saturated heterocycles. The first kappa shape index (κ1) is 27.9. The Labute approximate surface area is 233 Å². The summed E-state index contributed by atoms with van der Waals surface area (Å²) in [5, 5.41) is 9.90. The molecule has 5 rings (SSSR count). The van der Waals surface area contributed by atoms with E-state index in [1.807, 2.05) is 0 Å². The Kier molecular flexibility index (Phi) is 7.48. The number of ether oxygens (including phenoxy) is 1. The Morgan fingerprint density at radius 2 is 1.77 bits per heavy atom. The van der Waals surface area contributed by atoms with Gasteiger partial charge in [0.15, 0.2) is 17.4 Å². The Morgan fingerprint density at radius 3 is 2.40 bits per heavy atom. The number of nitrogens with one attached hydrogen (secondary N) is 1. The zero-order chi connectivity index (χ0) is 28.7. The second-order valence-corrected chi connectivity index (χ2v) is 11.8. The van der Waals surface area contributed by atoms with Crippen molar-refractivity contribution in [1.82, 2.24) is 19.7 Å². The number of aromatic nitrogens is 1. The number of hydrogen-bond donors (Lipinski definition) is 2. The van der Waals surface area contributed by atoms with Crippen molar-refractivity contribution in [2.45, 2.75) is 35.7 Å². The molecule has 10 nitrogen and oxygen atoms in total. The number of hydrogen-bond acceptors (Lipinski definition) is 7. The SMILES string of the molecule is O=C(Cc1ccncc1)N1CC2CCC(C(=O)NO)(C1)N2S(=O)(=O)c1cc(F)c(Oc2ccc(Cl)cc2)c(F)c1. The minimum atomic E-state index is -4.70. The summed E-state index contributed by atoms with van der Waals surface area (Å²) in [6.45, 7) is -0.409. The maximum absolute atomic E-state index is 15.0. The lowest BCUT2D eigenvalue weighted by atomic mass is 9.95. The van der Waals surface area contributed by atoms with Crippen LogP contribution >= 0.6 is 11.6 Å². The van der Waals surface area contributed by atoms with Gasteiger partial charge in [-0.05, 0) is 66.9 Å². The van der Waals surface area contributed by atoms with Gasteiger partial charge in [-0.15, -0.1) is 0 Å².